The molecule has 4 N–H and O–H groups in total. The number of carboxylic acids is 1. The van der Waals surface area contributed by atoms with Gasteiger partial charge in [0.05, 0.1) is 11.0 Å². The highest BCUT2D eigenvalue weighted by Gasteiger charge is 2.24. The van der Waals surface area contributed by atoms with E-state index in [1.165, 1.54) is 6.07 Å². The molecule has 8 nitrogen and oxygen atoms in total. The third-order valence-electron chi connectivity index (χ3n) is 4.18. The predicted molar refractivity (Wildman–Crippen MR) is 99.2 cm³/mol. The number of nitro groups is 1. The molecule has 1 rings (SSSR count). The molecule has 1 unspecified atom stereocenters. The van der Waals surface area contributed by atoms with Gasteiger partial charge in [0.25, 0.3) is 5.69 Å². The number of Topliss-reactive ketones (excluding diaryl/α,β-unsaturated/α-hetero) is 1. The van der Waals surface area contributed by atoms with Gasteiger partial charge in [0, 0.05) is 12.5 Å². The maximum Gasteiger partial charge on any atom is 0.320 e. The van der Waals surface area contributed by atoms with Crippen molar-refractivity contribution in [3.63, 3.8) is 0 Å². The van der Waals surface area contributed by atoms with E-state index in [9.17, 15) is 19.7 Å². The molecule has 0 aliphatic rings. The SMILES string of the molecule is CCCCCC(=O)C(CC[C@H](N)C(=O)O)Nc1cc(C)ccc1[N+](=O)[O-]. The fourth-order valence-corrected chi connectivity index (χ4v) is 2.62. The Balaban J connectivity index is 2.97. The molecule has 0 radical (unpaired) electrons. The molecule has 2 atom stereocenters. The van der Waals surface area contributed by atoms with Crippen LogP contribution in [0.3, 0.4) is 0 Å². The van der Waals surface area contributed by atoms with E-state index in [2.05, 4.69) is 5.32 Å². The molecule has 0 amide bonds. The van der Waals surface area contributed by atoms with Crippen molar-refractivity contribution in [2.75, 3.05) is 5.32 Å². The van der Waals surface area contributed by atoms with Gasteiger partial charge in [0.15, 0.2) is 5.78 Å². The second kappa shape index (κ2) is 10.5. The van der Waals surface area contributed by atoms with E-state index in [1.54, 1.807) is 19.1 Å². The van der Waals surface area contributed by atoms with Crippen LogP contribution < -0.4 is 11.1 Å². The Morgan fingerprint density at radius 1 is 1.31 bits per heavy atom. The van der Waals surface area contributed by atoms with Gasteiger partial charge in [-0.1, -0.05) is 25.8 Å². The summed E-state index contributed by atoms with van der Waals surface area (Å²) in [5, 5.41) is 23.1. The van der Waals surface area contributed by atoms with Gasteiger partial charge in [0.2, 0.25) is 0 Å². The lowest BCUT2D eigenvalue weighted by Crippen LogP contribution is -2.35. The fraction of sp³-hybridized carbons (Fsp3) is 0.556. The van der Waals surface area contributed by atoms with Gasteiger partial charge in [-0.15, -0.1) is 0 Å². The highest BCUT2D eigenvalue weighted by molar-refractivity contribution is 5.87. The molecule has 144 valence electrons. The molecule has 0 saturated heterocycles. The summed E-state index contributed by atoms with van der Waals surface area (Å²) >= 11 is 0. The molecular weight excluding hydrogens is 338 g/mol. The van der Waals surface area contributed by atoms with Gasteiger partial charge in [0.1, 0.15) is 11.7 Å². The van der Waals surface area contributed by atoms with Crippen LogP contribution in [0.15, 0.2) is 18.2 Å². The lowest BCUT2D eigenvalue weighted by molar-refractivity contribution is -0.384. The van der Waals surface area contributed by atoms with Gasteiger partial charge in [-0.25, -0.2) is 0 Å². The molecule has 0 spiro atoms. The number of aryl methyl sites for hydroxylation is 1. The molecule has 1 aromatic carbocycles. The Kier molecular flexibility index (Phi) is 8.71. The Bertz CT molecular complexity index is 648. The second-order valence-corrected chi connectivity index (χ2v) is 6.42. The number of nitro benzene ring substituents is 1. The van der Waals surface area contributed by atoms with Crippen molar-refractivity contribution in [1.29, 1.82) is 0 Å². The number of nitrogens with one attached hydrogen (secondary N) is 1. The lowest BCUT2D eigenvalue weighted by Gasteiger charge is -2.20. The van der Waals surface area contributed by atoms with Gasteiger partial charge < -0.3 is 16.2 Å². The van der Waals surface area contributed by atoms with Crippen LogP contribution >= 0.6 is 0 Å². The number of nitrogens with zero attached hydrogens (tertiary/aromatic N) is 1. The van der Waals surface area contributed by atoms with Crippen LogP contribution in [0.25, 0.3) is 0 Å². The molecule has 0 heterocycles. The highest BCUT2D eigenvalue weighted by Crippen LogP contribution is 2.27. The molecule has 0 aliphatic carbocycles. The predicted octanol–water partition coefficient (Wildman–Crippen LogP) is 3.03. The number of hydrogen-bond acceptors (Lipinski definition) is 6. The monoisotopic (exact) mass is 365 g/mol. The molecule has 1 aromatic rings. The van der Waals surface area contributed by atoms with Crippen molar-refractivity contribution in [3.8, 4) is 0 Å². The molecule has 0 saturated carbocycles. The first-order chi connectivity index (χ1) is 12.3. The first-order valence-corrected chi connectivity index (χ1v) is 8.79. The van der Waals surface area contributed by atoms with Gasteiger partial charge in [-0.05, 0) is 37.8 Å². The number of anilines is 1. The lowest BCUT2D eigenvalue weighted by atomic mass is 9.98. The summed E-state index contributed by atoms with van der Waals surface area (Å²) in [6.07, 6.45) is 3.26. The zero-order chi connectivity index (χ0) is 19.7. The zero-order valence-electron chi connectivity index (χ0n) is 15.2. The minimum absolute atomic E-state index is 0.0909. The van der Waals surface area contributed by atoms with E-state index in [4.69, 9.17) is 10.8 Å². The van der Waals surface area contributed by atoms with Crippen LogP contribution in [0.2, 0.25) is 0 Å². The van der Waals surface area contributed by atoms with E-state index < -0.39 is 23.0 Å². The number of ketones is 1. The fourth-order valence-electron chi connectivity index (χ4n) is 2.62. The van der Waals surface area contributed by atoms with Crippen LogP contribution in [0.4, 0.5) is 11.4 Å². The van der Waals surface area contributed by atoms with Crippen molar-refractivity contribution in [3.05, 3.63) is 33.9 Å². The zero-order valence-corrected chi connectivity index (χ0v) is 15.2. The first kappa shape index (κ1) is 21.6. The summed E-state index contributed by atoms with van der Waals surface area (Å²) in [7, 11) is 0. The number of unbranched alkanes of at least 4 members (excludes halogenated alkanes) is 2. The van der Waals surface area contributed by atoms with Crippen LogP contribution in [0.5, 0.6) is 0 Å². The molecule has 0 aliphatic heterocycles. The van der Waals surface area contributed by atoms with Crippen molar-refractivity contribution >= 4 is 23.1 Å². The average Bonchev–Trinajstić information content (AvgIpc) is 2.57. The normalized spacial score (nSPS) is 13.0. The summed E-state index contributed by atoms with van der Waals surface area (Å²) in [6.45, 7) is 3.83. The van der Waals surface area contributed by atoms with E-state index >= 15 is 0 Å². The summed E-state index contributed by atoms with van der Waals surface area (Å²) in [6, 6.07) is 2.84. The number of carboxylic acid groups (broad SMARTS) is 1. The van der Waals surface area contributed by atoms with Crippen LogP contribution in [0.1, 0.15) is 51.0 Å². The molecule has 0 fully saturated rings. The third kappa shape index (κ3) is 6.79. The van der Waals surface area contributed by atoms with Gasteiger partial charge >= 0.3 is 5.97 Å². The maximum atomic E-state index is 12.6. The maximum absolute atomic E-state index is 12.6. The van der Waals surface area contributed by atoms with Crippen molar-refractivity contribution < 1.29 is 19.6 Å². The molecular formula is C18H27N3O5. The average molecular weight is 365 g/mol. The number of nitrogens with two attached hydrogens (primary N) is 1. The van der Waals surface area contributed by atoms with Crippen LogP contribution in [-0.2, 0) is 9.59 Å². The van der Waals surface area contributed by atoms with Crippen molar-refractivity contribution in [2.24, 2.45) is 5.73 Å². The molecule has 8 heteroatoms. The van der Waals surface area contributed by atoms with E-state index in [-0.39, 0.29) is 30.0 Å². The highest BCUT2D eigenvalue weighted by atomic mass is 16.6. The quantitative estimate of drug-likeness (QED) is 0.294. The summed E-state index contributed by atoms with van der Waals surface area (Å²) < 4.78 is 0. The Morgan fingerprint density at radius 3 is 2.58 bits per heavy atom. The standard InChI is InChI=1S/C18H27N3O5/c1-3-4-5-6-17(22)14(9-8-13(19)18(23)24)20-15-11-12(2)7-10-16(15)21(25)26/h7,10-11,13-14,20H,3-6,8-9,19H2,1-2H3,(H,23,24)/t13-,14?/m0/s1. The Morgan fingerprint density at radius 2 is 2.00 bits per heavy atom. The minimum Gasteiger partial charge on any atom is -0.480 e. The minimum atomic E-state index is -1.14. The Labute approximate surface area is 152 Å². The third-order valence-corrected chi connectivity index (χ3v) is 4.18. The van der Waals surface area contributed by atoms with E-state index in [1.807, 2.05) is 6.92 Å². The van der Waals surface area contributed by atoms with Crippen molar-refractivity contribution in [2.45, 2.75) is 64.5 Å². The number of aliphatic carboxylic acids is 1. The Hall–Kier alpha value is -2.48. The number of benzene rings is 1. The molecule has 26 heavy (non-hydrogen) atoms. The second-order valence-electron chi connectivity index (χ2n) is 6.42. The molecule has 0 bridgehead atoms. The summed E-state index contributed by atoms with van der Waals surface area (Å²) in [5.41, 5.74) is 6.49. The smallest absolute Gasteiger partial charge is 0.320 e. The topological polar surface area (TPSA) is 136 Å². The molecule has 0 aromatic heterocycles. The van der Waals surface area contributed by atoms with Crippen LogP contribution in [0, 0.1) is 17.0 Å². The number of hydrogen-bond donors (Lipinski definition) is 3. The van der Waals surface area contributed by atoms with Gasteiger partial charge in [-0.2, -0.15) is 0 Å². The number of carbonyl (C=O) groups excluding carboxylic acids is 1. The van der Waals surface area contributed by atoms with Crippen molar-refractivity contribution in [1.82, 2.24) is 0 Å². The summed E-state index contributed by atoms with van der Waals surface area (Å²) in [5.74, 6) is -1.23. The number of carbonyl (C=O) groups is 2. The largest absolute Gasteiger partial charge is 0.480 e. The van der Waals surface area contributed by atoms with E-state index in [0.29, 0.717) is 6.42 Å². The van der Waals surface area contributed by atoms with E-state index in [0.717, 1.165) is 24.8 Å². The summed E-state index contributed by atoms with van der Waals surface area (Å²) in [4.78, 5) is 34.2. The number of rotatable bonds is 12. The van der Waals surface area contributed by atoms with Gasteiger partial charge in [-0.3, -0.25) is 19.7 Å². The van der Waals surface area contributed by atoms with Crippen LogP contribution in [-0.4, -0.2) is 33.9 Å². The first-order valence-electron chi connectivity index (χ1n) is 8.79.